The van der Waals surface area contributed by atoms with Crippen LogP contribution in [0.1, 0.15) is 12.8 Å². The van der Waals surface area contributed by atoms with Gasteiger partial charge in [0.05, 0.1) is 6.04 Å². The quantitative estimate of drug-likeness (QED) is 0.484. The standard InChI is InChI=1S/C6H10N2O/c7-6(9)5-2-3-1-4(3)8-5/h3-5,8H,1-2H2,(H2,7,9)/t3-,4+,5+/m0/s1. The zero-order valence-corrected chi connectivity index (χ0v) is 5.13. The van der Waals surface area contributed by atoms with Crippen molar-refractivity contribution in [3.63, 3.8) is 0 Å². The number of piperidine rings is 1. The van der Waals surface area contributed by atoms with Gasteiger partial charge in [0.1, 0.15) is 0 Å². The fraction of sp³-hybridized carbons (Fsp3) is 0.833. The van der Waals surface area contributed by atoms with E-state index >= 15 is 0 Å². The minimum Gasteiger partial charge on any atom is -0.368 e. The van der Waals surface area contributed by atoms with Crippen molar-refractivity contribution in [2.45, 2.75) is 24.9 Å². The Morgan fingerprint density at radius 3 is 2.67 bits per heavy atom. The Balaban J connectivity index is 1.97. The van der Waals surface area contributed by atoms with Gasteiger partial charge >= 0.3 is 0 Å². The lowest BCUT2D eigenvalue weighted by Crippen LogP contribution is -2.38. The number of nitrogens with two attached hydrogens (primary N) is 1. The summed E-state index contributed by atoms with van der Waals surface area (Å²) in [5, 5.41) is 3.15. The van der Waals surface area contributed by atoms with Crippen LogP contribution < -0.4 is 11.1 Å². The van der Waals surface area contributed by atoms with Crippen LogP contribution in [0.15, 0.2) is 0 Å². The van der Waals surface area contributed by atoms with Crippen LogP contribution in [0.4, 0.5) is 0 Å². The summed E-state index contributed by atoms with van der Waals surface area (Å²) in [5.41, 5.74) is 5.08. The van der Waals surface area contributed by atoms with Gasteiger partial charge < -0.3 is 11.1 Å². The minimum atomic E-state index is -0.192. The maximum atomic E-state index is 10.5. The molecule has 0 radical (unpaired) electrons. The number of nitrogens with one attached hydrogen (secondary N) is 1. The van der Waals surface area contributed by atoms with E-state index in [2.05, 4.69) is 5.32 Å². The second kappa shape index (κ2) is 1.48. The van der Waals surface area contributed by atoms with Crippen molar-refractivity contribution in [1.82, 2.24) is 5.32 Å². The summed E-state index contributed by atoms with van der Waals surface area (Å²) >= 11 is 0. The molecular formula is C6H10N2O. The molecule has 3 nitrogen and oxygen atoms in total. The molecule has 2 rings (SSSR count). The van der Waals surface area contributed by atoms with Gasteiger partial charge in [0.25, 0.3) is 0 Å². The van der Waals surface area contributed by atoms with E-state index in [0.717, 1.165) is 12.3 Å². The lowest BCUT2D eigenvalue weighted by atomic mass is 10.2. The third-order valence-corrected chi connectivity index (χ3v) is 2.22. The first-order valence-electron chi connectivity index (χ1n) is 3.33. The molecule has 2 aliphatic rings. The van der Waals surface area contributed by atoms with Crippen LogP contribution in [0.2, 0.25) is 0 Å². The van der Waals surface area contributed by atoms with E-state index in [0.29, 0.717) is 6.04 Å². The van der Waals surface area contributed by atoms with E-state index in [4.69, 9.17) is 5.73 Å². The number of amides is 1. The molecular weight excluding hydrogens is 116 g/mol. The highest BCUT2D eigenvalue weighted by Gasteiger charge is 2.47. The second-order valence-electron chi connectivity index (χ2n) is 2.96. The van der Waals surface area contributed by atoms with E-state index in [1.807, 2.05) is 0 Å². The molecule has 1 saturated carbocycles. The summed E-state index contributed by atoms with van der Waals surface area (Å²) in [6.07, 6.45) is 2.23. The molecule has 1 amide bonds. The molecule has 2 fully saturated rings. The lowest BCUT2D eigenvalue weighted by molar-refractivity contribution is -0.119. The third-order valence-electron chi connectivity index (χ3n) is 2.22. The zero-order valence-electron chi connectivity index (χ0n) is 5.13. The number of rotatable bonds is 1. The van der Waals surface area contributed by atoms with Crippen molar-refractivity contribution >= 4 is 5.91 Å². The van der Waals surface area contributed by atoms with E-state index in [1.54, 1.807) is 0 Å². The molecule has 50 valence electrons. The van der Waals surface area contributed by atoms with E-state index in [-0.39, 0.29) is 11.9 Å². The average Bonchev–Trinajstić information content (AvgIpc) is 2.40. The number of carbonyl (C=O) groups excluding carboxylic acids is 1. The molecule has 1 heterocycles. The first kappa shape index (κ1) is 5.23. The maximum absolute atomic E-state index is 10.5. The normalized spacial score (nSPS) is 46.4. The first-order valence-corrected chi connectivity index (χ1v) is 3.33. The Hall–Kier alpha value is -0.570. The molecule has 1 aliphatic heterocycles. The molecule has 1 saturated heterocycles. The molecule has 0 aromatic rings. The Labute approximate surface area is 53.6 Å². The van der Waals surface area contributed by atoms with Crippen LogP contribution in [0.25, 0.3) is 0 Å². The number of carbonyl (C=O) groups is 1. The molecule has 3 N–H and O–H groups in total. The Bertz CT molecular complexity index is 147. The van der Waals surface area contributed by atoms with Gasteiger partial charge in [-0.15, -0.1) is 0 Å². The highest BCUT2D eigenvalue weighted by Crippen LogP contribution is 2.40. The molecule has 9 heavy (non-hydrogen) atoms. The smallest absolute Gasteiger partial charge is 0.234 e. The van der Waals surface area contributed by atoms with Crippen molar-refractivity contribution < 1.29 is 4.79 Å². The summed E-state index contributed by atoms with van der Waals surface area (Å²) < 4.78 is 0. The summed E-state index contributed by atoms with van der Waals surface area (Å²) in [6.45, 7) is 0. The van der Waals surface area contributed by atoms with Crippen molar-refractivity contribution in [1.29, 1.82) is 0 Å². The van der Waals surface area contributed by atoms with Gasteiger partial charge in [0.2, 0.25) is 5.91 Å². The van der Waals surface area contributed by atoms with Gasteiger partial charge in [0.15, 0.2) is 0 Å². The topological polar surface area (TPSA) is 55.1 Å². The minimum absolute atomic E-state index is 0.0197. The Kier molecular flexibility index (Phi) is 0.858. The first-order chi connectivity index (χ1) is 4.27. The second-order valence-corrected chi connectivity index (χ2v) is 2.96. The van der Waals surface area contributed by atoms with Crippen molar-refractivity contribution in [2.75, 3.05) is 0 Å². The average molecular weight is 126 g/mol. The molecule has 0 aromatic carbocycles. The van der Waals surface area contributed by atoms with E-state index in [9.17, 15) is 4.79 Å². The zero-order chi connectivity index (χ0) is 6.43. The summed E-state index contributed by atoms with van der Waals surface area (Å²) in [7, 11) is 0. The molecule has 3 atom stereocenters. The van der Waals surface area contributed by atoms with Gasteiger partial charge in [0, 0.05) is 6.04 Å². The summed E-state index contributed by atoms with van der Waals surface area (Å²) in [5.74, 6) is 0.574. The lowest BCUT2D eigenvalue weighted by Gasteiger charge is -2.06. The van der Waals surface area contributed by atoms with Crippen molar-refractivity contribution in [2.24, 2.45) is 11.7 Å². The Morgan fingerprint density at radius 1 is 1.56 bits per heavy atom. The van der Waals surface area contributed by atoms with Crippen LogP contribution in [0, 0.1) is 5.92 Å². The number of hydrogen-bond acceptors (Lipinski definition) is 2. The number of fused-ring (bicyclic) bond motifs is 1. The molecule has 0 unspecified atom stereocenters. The van der Waals surface area contributed by atoms with Crippen LogP contribution >= 0.6 is 0 Å². The fourth-order valence-corrected chi connectivity index (χ4v) is 1.54. The largest absolute Gasteiger partial charge is 0.368 e. The van der Waals surface area contributed by atoms with Gasteiger partial charge in [-0.25, -0.2) is 0 Å². The van der Waals surface area contributed by atoms with Gasteiger partial charge in [-0.1, -0.05) is 0 Å². The van der Waals surface area contributed by atoms with Crippen LogP contribution in [-0.4, -0.2) is 18.0 Å². The predicted molar refractivity (Wildman–Crippen MR) is 32.6 cm³/mol. The van der Waals surface area contributed by atoms with Crippen LogP contribution in [0.5, 0.6) is 0 Å². The highest BCUT2D eigenvalue weighted by atomic mass is 16.1. The monoisotopic (exact) mass is 126 g/mol. The van der Waals surface area contributed by atoms with Gasteiger partial charge in [-0.2, -0.15) is 0 Å². The molecule has 0 spiro atoms. The number of hydrogen-bond donors (Lipinski definition) is 2. The van der Waals surface area contributed by atoms with Crippen LogP contribution in [-0.2, 0) is 4.79 Å². The van der Waals surface area contributed by atoms with Crippen molar-refractivity contribution in [3.8, 4) is 0 Å². The Morgan fingerprint density at radius 2 is 2.33 bits per heavy atom. The van der Waals surface area contributed by atoms with Crippen molar-refractivity contribution in [3.05, 3.63) is 0 Å². The maximum Gasteiger partial charge on any atom is 0.234 e. The predicted octanol–water partition coefficient (Wildman–Crippen LogP) is -0.778. The molecule has 1 aliphatic carbocycles. The summed E-state index contributed by atoms with van der Waals surface area (Å²) in [4.78, 5) is 10.5. The van der Waals surface area contributed by atoms with E-state index in [1.165, 1.54) is 6.42 Å². The van der Waals surface area contributed by atoms with Gasteiger partial charge in [-0.3, -0.25) is 4.79 Å². The summed E-state index contributed by atoms with van der Waals surface area (Å²) in [6, 6.07) is 0.608. The van der Waals surface area contributed by atoms with E-state index < -0.39 is 0 Å². The number of primary amides is 1. The molecule has 0 aromatic heterocycles. The SMILES string of the molecule is NC(=O)[C@H]1C[C@@H]2C[C@H]2N1. The van der Waals surface area contributed by atoms with Gasteiger partial charge in [-0.05, 0) is 18.8 Å². The highest BCUT2D eigenvalue weighted by molar-refractivity contribution is 5.80. The molecule has 0 bridgehead atoms. The fourth-order valence-electron chi connectivity index (χ4n) is 1.54. The molecule has 3 heteroatoms. The third kappa shape index (κ3) is 0.721. The van der Waals surface area contributed by atoms with Crippen LogP contribution in [0.3, 0.4) is 0 Å².